The average Bonchev–Trinajstić information content (AvgIpc) is 3.03. The number of thiophene rings is 1. The molecule has 0 atom stereocenters. The Bertz CT molecular complexity index is 913. The third-order valence-electron chi connectivity index (χ3n) is 2.72. The smallest absolute Gasteiger partial charge is 0.216 e. The molecule has 0 bridgehead atoms. The second kappa shape index (κ2) is 6.64. The fourth-order valence-corrected chi connectivity index (χ4v) is 3.72. The van der Waals surface area contributed by atoms with Crippen LogP contribution in [0.1, 0.15) is 4.88 Å². The minimum atomic E-state index is 0.382. The van der Waals surface area contributed by atoms with E-state index in [4.69, 9.17) is 35.4 Å². The number of halogens is 3. The molecule has 4 nitrogen and oxygen atoms in total. The highest BCUT2D eigenvalue weighted by Crippen LogP contribution is 2.29. The van der Waals surface area contributed by atoms with Crippen LogP contribution in [0.25, 0.3) is 11.4 Å². The first-order valence-corrected chi connectivity index (χ1v) is 8.74. The molecule has 0 saturated carbocycles. The zero-order chi connectivity index (χ0) is 15.7. The molecule has 3 rings (SSSR count). The van der Waals surface area contributed by atoms with Crippen molar-refractivity contribution in [3.8, 4) is 11.4 Å². The van der Waals surface area contributed by atoms with Gasteiger partial charge in [-0.2, -0.15) is 14.9 Å². The Balaban J connectivity index is 2.04. The van der Waals surface area contributed by atoms with Gasteiger partial charge in [0, 0.05) is 15.5 Å². The van der Waals surface area contributed by atoms with Gasteiger partial charge < -0.3 is 0 Å². The average molecular weight is 434 g/mol. The van der Waals surface area contributed by atoms with Crippen molar-refractivity contribution in [2.75, 3.05) is 0 Å². The van der Waals surface area contributed by atoms with Gasteiger partial charge in [-0.15, -0.1) is 11.3 Å². The van der Waals surface area contributed by atoms with Crippen molar-refractivity contribution in [1.82, 2.24) is 14.9 Å². The van der Waals surface area contributed by atoms with Gasteiger partial charge in [0.2, 0.25) is 4.77 Å². The quantitative estimate of drug-likeness (QED) is 0.430. The molecule has 2 aromatic heterocycles. The van der Waals surface area contributed by atoms with Crippen molar-refractivity contribution in [3.05, 3.63) is 53.8 Å². The number of benzene rings is 1. The molecule has 9 heteroatoms. The summed E-state index contributed by atoms with van der Waals surface area (Å²) in [4.78, 5) is 0.989. The molecule has 22 heavy (non-hydrogen) atoms. The van der Waals surface area contributed by atoms with E-state index in [9.17, 15) is 0 Å². The molecule has 3 aromatic rings. The van der Waals surface area contributed by atoms with Crippen LogP contribution in [0.2, 0.25) is 10.0 Å². The van der Waals surface area contributed by atoms with Gasteiger partial charge in [0.15, 0.2) is 5.82 Å². The summed E-state index contributed by atoms with van der Waals surface area (Å²) in [6.45, 7) is 0. The van der Waals surface area contributed by atoms with Crippen LogP contribution in [0.15, 0.2) is 39.2 Å². The van der Waals surface area contributed by atoms with E-state index in [0.29, 0.717) is 26.2 Å². The number of hydrogen-bond acceptors (Lipinski definition) is 4. The van der Waals surface area contributed by atoms with Crippen LogP contribution in [0.4, 0.5) is 0 Å². The first kappa shape index (κ1) is 15.9. The number of H-pyrrole nitrogens is 1. The number of hydrogen-bond donors (Lipinski definition) is 1. The Morgan fingerprint density at radius 1 is 1.32 bits per heavy atom. The second-order valence-electron chi connectivity index (χ2n) is 4.17. The highest BCUT2D eigenvalue weighted by Gasteiger charge is 2.12. The third-order valence-corrected chi connectivity index (χ3v) is 5.09. The molecule has 0 radical (unpaired) electrons. The zero-order valence-corrected chi connectivity index (χ0v) is 15.5. The monoisotopic (exact) mass is 432 g/mol. The summed E-state index contributed by atoms with van der Waals surface area (Å²) >= 11 is 22.3. The Hall–Kier alpha value is -0.990. The summed E-state index contributed by atoms with van der Waals surface area (Å²) in [6.07, 6.45) is 1.72. The predicted molar refractivity (Wildman–Crippen MR) is 97.9 cm³/mol. The molecular formula is C13H7BrCl2N4S2. The van der Waals surface area contributed by atoms with E-state index < -0.39 is 0 Å². The van der Waals surface area contributed by atoms with Gasteiger partial charge in [-0.3, -0.25) is 0 Å². The van der Waals surface area contributed by atoms with Crippen LogP contribution in [0, 0.1) is 4.77 Å². The third kappa shape index (κ3) is 3.33. The Morgan fingerprint density at radius 3 is 2.82 bits per heavy atom. The molecule has 1 aromatic carbocycles. The summed E-state index contributed by atoms with van der Waals surface area (Å²) in [5.74, 6) is 0.526. The van der Waals surface area contributed by atoms with E-state index in [1.807, 2.05) is 12.1 Å². The van der Waals surface area contributed by atoms with Crippen molar-refractivity contribution in [3.63, 3.8) is 0 Å². The van der Waals surface area contributed by atoms with E-state index in [2.05, 4.69) is 31.2 Å². The molecule has 0 aliphatic rings. The first-order chi connectivity index (χ1) is 10.5. The van der Waals surface area contributed by atoms with Gasteiger partial charge in [-0.25, -0.2) is 5.10 Å². The molecular weight excluding hydrogens is 427 g/mol. The van der Waals surface area contributed by atoms with Crippen LogP contribution < -0.4 is 0 Å². The molecule has 0 aliphatic carbocycles. The predicted octanol–water partition coefficient (Wildman–Crippen LogP) is 5.62. The lowest BCUT2D eigenvalue weighted by molar-refractivity contribution is 0.872. The Kier molecular flexibility index (Phi) is 4.79. The van der Waals surface area contributed by atoms with E-state index >= 15 is 0 Å². The lowest BCUT2D eigenvalue weighted by Gasteiger charge is -2.03. The number of aromatic amines is 1. The van der Waals surface area contributed by atoms with Gasteiger partial charge in [-0.05, 0) is 58.5 Å². The maximum atomic E-state index is 6.22. The van der Waals surface area contributed by atoms with E-state index in [1.54, 1.807) is 35.8 Å². The molecule has 1 N–H and O–H groups in total. The summed E-state index contributed by atoms with van der Waals surface area (Å²) in [5, 5.41) is 12.3. The molecule has 2 heterocycles. The van der Waals surface area contributed by atoms with Crippen LogP contribution in [0.3, 0.4) is 0 Å². The highest BCUT2D eigenvalue weighted by atomic mass is 79.9. The first-order valence-electron chi connectivity index (χ1n) is 5.97. The molecule has 0 fully saturated rings. The molecule has 0 aliphatic heterocycles. The summed E-state index contributed by atoms with van der Waals surface area (Å²) < 4.78 is 2.94. The van der Waals surface area contributed by atoms with Crippen LogP contribution in [-0.4, -0.2) is 21.1 Å². The minimum Gasteiger partial charge on any atom is -0.250 e. The lowest BCUT2D eigenvalue weighted by Crippen LogP contribution is -1.95. The lowest BCUT2D eigenvalue weighted by atomic mass is 10.2. The molecule has 0 unspecified atom stereocenters. The van der Waals surface area contributed by atoms with Crippen molar-refractivity contribution in [2.45, 2.75) is 0 Å². The fraction of sp³-hybridized carbons (Fsp3) is 0. The van der Waals surface area contributed by atoms with Crippen molar-refractivity contribution in [2.24, 2.45) is 5.10 Å². The fourth-order valence-electron chi connectivity index (χ4n) is 1.76. The van der Waals surface area contributed by atoms with Crippen molar-refractivity contribution >= 4 is 68.9 Å². The molecule has 0 amide bonds. The Morgan fingerprint density at radius 2 is 2.14 bits per heavy atom. The van der Waals surface area contributed by atoms with Gasteiger partial charge in [-0.1, -0.05) is 23.2 Å². The van der Waals surface area contributed by atoms with Gasteiger partial charge in [0.05, 0.1) is 15.0 Å². The summed E-state index contributed by atoms with van der Waals surface area (Å²) in [6, 6.07) is 9.09. The van der Waals surface area contributed by atoms with Crippen LogP contribution >= 0.6 is 62.7 Å². The Labute approximate surface area is 153 Å². The SMILES string of the molecule is S=c1[nH]nc(-c2ccc(Cl)cc2Cl)n1N=Cc1ccc(Br)s1. The molecule has 0 spiro atoms. The molecule has 0 saturated heterocycles. The van der Waals surface area contributed by atoms with Crippen LogP contribution in [-0.2, 0) is 0 Å². The number of aromatic nitrogens is 3. The number of nitrogens with zero attached hydrogens (tertiary/aromatic N) is 3. The second-order valence-corrected chi connectivity index (χ2v) is 7.90. The maximum absolute atomic E-state index is 6.22. The molecule has 112 valence electrons. The minimum absolute atomic E-state index is 0.382. The highest BCUT2D eigenvalue weighted by molar-refractivity contribution is 9.11. The van der Waals surface area contributed by atoms with Gasteiger partial charge in [0.1, 0.15) is 0 Å². The van der Waals surface area contributed by atoms with Crippen molar-refractivity contribution < 1.29 is 0 Å². The summed E-state index contributed by atoms with van der Waals surface area (Å²) in [7, 11) is 0. The largest absolute Gasteiger partial charge is 0.250 e. The zero-order valence-electron chi connectivity index (χ0n) is 10.8. The standard InChI is InChI=1S/C13H7BrCl2N4S2/c14-11-4-2-8(22-11)6-17-20-12(18-19-13(20)21)9-3-1-7(15)5-10(9)16/h1-6H,(H,19,21). The number of nitrogens with one attached hydrogen (secondary N) is 1. The van der Waals surface area contributed by atoms with Gasteiger partial charge >= 0.3 is 0 Å². The van der Waals surface area contributed by atoms with Crippen LogP contribution in [0.5, 0.6) is 0 Å². The van der Waals surface area contributed by atoms with E-state index in [0.717, 1.165) is 8.66 Å². The van der Waals surface area contributed by atoms with Gasteiger partial charge in [0.25, 0.3) is 0 Å². The van der Waals surface area contributed by atoms with Crippen molar-refractivity contribution in [1.29, 1.82) is 0 Å². The summed E-state index contributed by atoms with van der Waals surface area (Å²) in [5.41, 5.74) is 0.697. The van der Waals surface area contributed by atoms with E-state index in [1.165, 1.54) is 4.68 Å². The topological polar surface area (TPSA) is 46.0 Å². The normalized spacial score (nSPS) is 11.4. The number of rotatable bonds is 3. The van der Waals surface area contributed by atoms with E-state index in [-0.39, 0.29) is 0 Å². The maximum Gasteiger partial charge on any atom is 0.216 e.